The first-order valence-corrected chi connectivity index (χ1v) is 7.94. The van der Waals surface area contributed by atoms with Crippen molar-refractivity contribution in [1.82, 2.24) is 4.90 Å². The van der Waals surface area contributed by atoms with Crippen LogP contribution in [0, 0.1) is 11.8 Å². The van der Waals surface area contributed by atoms with Crippen LogP contribution in [0.1, 0.15) is 25.0 Å². The van der Waals surface area contributed by atoms with Crippen molar-refractivity contribution in [3.05, 3.63) is 71.8 Å². The Morgan fingerprint density at radius 2 is 1.32 bits per heavy atom. The predicted molar refractivity (Wildman–Crippen MR) is 91.4 cm³/mol. The summed E-state index contributed by atoms with van der Waals surface area (Å²) in [6.07, 6.45) is 1.10. The highest BCUT2D eigenvalue weighted by Crippen LogP contribution is 2.15. The first kappa shape index (κ1) is 16.4. The number of rotatable bonds is 8. The molecule has 0 spiro atoms. The standard InChI is InChI=1S/C20H25NO/c1-17(2)20(16-22)15-21(13-18-9-5-3-6-10-18)14-19-11-7-4-8-12-19/h3-12,16-17,20H,13-15H2,1-2H3/t20-/m0/s1. The van der Waals surface area contributed by atoms with Gasteiger partial charge in [-0.3, -0.25) is 4.90 Å². The van der Waals surface area contributed by atoms with Gasteiger partial charge in [0.1, 0.15) is 6.29 Å². The zero-order valence-electron chi connectivity index (χ0n) is 13.5. The van der Waals surface area contributed by atoms with Crippen molar-refractivity contribution >= 4 is 6.29 Å². The average Bonchev–Trinajstić information content (AvgIpc) is 2.54. The number of benzene rings is 2. The summed E-state index contributed by atoms with van der Waals surface area (Å²) in [5, 5.41) is 0. The molecule has 22 heavy (non-hydrogen) atoms. The number of aldehydes is 1. The van der Waals surface area contributed by atoms with Gasteiger partial charge in [0.25, 0.3) is 0 Å². The van der Waals surface area contributed by atoms with Crippen molar-refractivity contribution in [1.29, 1.82) is 0 Å². The Morgan fingerprint density at radius 1 is 0.864 bits per heavy atom. The smallest absolute Gasteiger partial charge is 0.124 e. The van der Waals surface area contributed by atoms with E-state index < -0.39 is 0 Å². The summed E-state index contributed by atoms with van der Waals surface area (Å²) in [4.78, 5) is 13.7. The van der Waals surface area contributed by atoms with Crippen molar-refractivity contribution in [2.75, 3.05) is 6.54 Å². The summed E-state index contributed by atoms with van der Waals surface area (Å²) in [5.74, 6) is 0.443. The van der Waals surface area contributed by atoms with E-state index in [0.717, 1.165) is 25.9 Å². The summed E-state index contributed by atoms with van der Waals surface area (Å²) < 4.78 is 0. The van der Waals surface area contributed by atoms with Crippen LogP contribution in [0.15, 0.2) is 60.7 Å². The molecule has 0 bridgehead atoms. The predicted octanol–water partition coefficient (Wildman–Crippen LogP) is 4.16. The summed E-state index contributed by atoms with van der Waals surface area (Å²) in [6.45, 7) is 6.76. The Labute approximate surface area is 133 Å². The van der Waals surface area contributed by atoms with Crippen molar-refractivity contribution in [2.45, 2.75) is 26.9 Å². The van der Waals surface area contributed by atoms with Gasteiger partial charge in [0.05, 0.1) is 0 Å². The quantitative estimate of drug-likeness (QED) is 0.682. The topological polar surface area (TPSA) is 20.3 Å². The molecule has 0 aromatic heterocycles. The van der Waals surface area contributed by atoms with E-state index in [1.807, 2.05) is 12.1 Å². The molecule has 0 aliphatic rings. The van der Waals surface area contributed by atoms with E-state index in [2.05, 4.69) is 67.3 Å². The molecule has 2 nitrogen and oxygen atoms in total. The maximum Gasteiger partial charge on any atom is 0.124 e. The summed E-state index contributed by atoms with van der Waals surface area (Å²) in [7, 11) is 0. The third-order valence-corrected chi connectivity index (χ3v) is 4.00. The minimum absolute atomic E-state index is 0.0763. The van der Waals surface area contributed by atoms with E-state index in [1.165, 1.54) is 11.1 Å². The summed E-state index contributed by atoms with van der Waals surface area (Å²) in [5.41, 5.74) is 2.57. The monoisotopic (exact) mass is 295 g/mol. The molecule has 0 unspecified atom stereocenters. The summed E-state index contributed by atoms with van der Waals surface area (Å²) >= 11 is 0. The van der Waals surface area contributed by atoms with Gasteiger partial charge in [-0.15, -0.1) is 0 Å². The molecule has 0 saturated carbocycles. The Hall–Kier alpha value is -1.93. The van der Waals surface area contributed by atoms with Crippen molar-refractivity contribution < 1.29 is 4.79 Å². The van der Waals surface area contributed by atoms with Gasteiger partial charge in [-0.2, -0.15) is 0 Å². The molecule has 0 amide bonds. The van der Waals surface area contributed by atoms with E-state index >= 15 is 0 Å². The lowest BCUT2D eigenvalue weighted by atomic mass is 9.96. The minimum Gasteiger partial charge on any atom is -0.303 e. The SMILES string of the molecule is CC(C)[C@H](C=O)CN(Cc1ccccc1)Cc1ccccc1. The largest absolute Gasteiger partial charge is 0.303 e. The highest BCUT2D eigenvalue weighted by molar-refractivity contribution is 5.54. The number of carbonyl (C=O) groups excluding carboxylic acids is 1. The Kier molecular flexibility index (Phi) is 6.35. The number of hydrogen-bond acceptors (Lipinski definition) is 2. The van der Waals surface area contributed by atoms with Crippen LogP contribution in [0.2, 0.25) is 0 Å². The lowest BCUT2D eigenvalue weighted by Gasteiger charge is -2.27. The lowest BCUT2D eigenvalue weighted by molar-refractivity contribution is -0.113. The van der Waals surface area contributed by atoms with Gasteiger partial charge in [0.2, 0.25) is 0 Å². The van der Waals surface area contributed by atoms with Gasteiger partial charge in [-0.05, 0) is 17.0 Å². The van der Waals surface area contributed by atoms with E-state index in [0.29, 0.717) is 5.92 Å². The van der Waals surface area contributed by atoms with Gasteiger partial charge in [0.15, 0.2) is 0 Å². The van der Waals surface area contributed by atoms with Gasteiger partial charge >= 0.3 is 0 Å². The Bertz CT molecular complexity index is 509. The van der Waals surface area contributed by atoms with E-state index in [-0.39, 0.29) is 5.92 Å². The molecule has 2 rings (SSSR count). The molecule has 2 aromatic rings. The van der Waals surface area contributed by atoms with Crippen LogP contribution in [0.5, 0.6) is 0 Å². The third kappa shape index (κ3) is 5.12. The first-order valence-electron chi connectivity index (χ1n) is 7.94. The van der Waals surface area contributed by atoms with E-state index in [4.69, 9.17) is 0 Å². The van der Waals surface area contributed by atoms with Gasteiger partial charge in [0, 0.05) is 25.6 Å². The third-order valence-electron chi connectivity index (χ3n) is 4.00. The van der Waals surface area contributed by atoms with Crippen molar-refractivity contribution in [3.63, 3.8) is 0 Å². The molecule has 0 saturated heterocycles. The van der Waals surface area contributed by atoms with Crippen molar-refractivity contribution in [3.8, 4) is 0 Å². The average molecular weight is 295 g/mol. The Balaban J connectivity index is 2.11. The van der Waals surface area contributed by atoms with Crippen LogP contribution < -0.4 is 0 Å². The highest BCUT2D eigenvalue weighted by Gasteiger charge is 2.17. The fourth-order valence-electron chi connectivity index (χ4n) is 2.58. The second-order valence-electron chi connectivity index (χ2n) is 6.18. The fraction of sp³-hybridized carbons (Fsp3) is 0.350. The van der Waals surface area contributed by atoms with Crippen LogP contribution in [-0.2, 0) is 17.9 Å². The van der Waals surface area contributed by atoms with Gasteiger partial charge < -0.3 is 4.79 Å². The normalized spacial score (nSPS) is 12.5. The molecular weight excluding hydrogens is 270 g/mol. The van der Waals surface area contributed by atoms with Crippen LogP contribution >= 0.6 is 0 Å². The lowest BCUT2D eigenvalue weighted by Crippen LogP contribution is -2.31. The number of hydrogen-bond donors (Lipinski definition) is 0. The second kappa shape index (κ2) is 8.50. The minimum atomic E-state index is 0.0763. The number of nitrogens with zero attached hydrogens (tertiary/aromatic N) is 1. The van der Waals surface area contributed by atoms with E-state index in [1.54, 1.807) is 0 Å². The zero-order valence-corrected chi connectivity index (χ0v) is 13.5. The number of carbonyl (C=O) groups is 1. The van der Waals surface area contributed by atoms with Crippen LogP contribution in [0.4, 0.5) is 0 Å². The van der Waals surface area contributed by atoms with Crippen LogP contribution in [0.3, 0.4) is 0 Å². The molecule has 0 fully saturated rings. The van der Waals surface area contributed by atoms with Gasteiger partial charge in [-0.1, -0.05) is 74.5 Å². The molecule has 0 N–H and O–H groups in total. The van der Waals surface area contributed by atoms with Gasteiger partial charge in [-0.25, -0.2) is 0 Å². The molecule has 2 heteroatoms. The highest BCUT2D eigenvalue weighted by atomic mass is 16.1. The second-order valence-corrected chi connectivity index (χ2v) is 6.18. The molecule has 0 aliphatic heterocycles. The fourth-order valence-corrected chi connectivity index (χ4v) is 2.58. The van der Waals surface area contributed by atoms with Crippen molar-refractivity contribution in [2.24, 2.45) is 11.8 Å². The molecule has 0 radical (unpaired) electrons. The molecular formula is C20H25NO. The molecule has 0 aliphatic carbocycles. The summed E-state index contributed by atoms with van der Waals surface area (Å²) in [6, 6.07) is 20.9. The van der Waals surface area contributed by atoms with E-state index in [9.17, 15) is 4.79 Å². The Morgan fingerprint density at radius 3 is 1.68 bits per heavy atom. The molecule has 1 atom stereocenters. The molecule has 0 heterocycles. The first-order chi connectivity index (χ1) is 10.7. The zero-order chi connectivity index (χ0) is 15.8. The maximum atomic E-state index is 11.4. The molecule has 116 valence electrons. The maximum absolute atomic E-state index is 11.4. The molecule has 2 aromatic carbocycles. The van der Waals surface area contributed by atoms with Crippen LogP contribution in [0.25, 0.3) is 0 Å². The van der Waals surface area contributed by atoms with Crippen LogP contribution in [-0.4, -0.2) is 17.7 Å².